The van der Waals surface area contributed by atoms with Crippen molar-refractivity contribution in [3.05, 3.63) is 47.6 Å². The molecule has 0 atom stereocenters. The van der Waals surface area contributed by atoms with E-state index in [0.717, 1.165) is 0 Å². The number of aromatic nitrogens is 8. The van der Waals surface area contributed by atoms with Gasteiger partial charge < -0.3 is 0 Å². The lowest BCUT2D eigenvalue weighted by atomic mass is 10.4. The van der Waals surface area contributed by atoms with Crippen LogP contribution in [0.4, 0.5) is 17.2 Å². The molecule has 1 N–H and O–H groups in total. The SMILES string of the molecule is [C-]#[N+]c1cnn(-c2ncccn2)c1/N=N/c1c(C)nn2c(C)n[nH]c12. The maximum atomic E-state index is 7.29. The highest BCUT2D eigenvalue weighted by molar-refractivity contribution is 5.67. The standard InChI is InChI=1S/C14H11N11/c1-8-11(13-22-19-9(2)24(13)23-8)20-21-12-10(15-3)7-18-25(12)14-16-5-4-6-17-14/h4-7,22H,1-2H3/b21-20+. The van der Waals surface area contributed by atoms with Gasteiger partial charge in [-0.1, -0.05) is 0 Å². The van der Waals surface area contributed by atoms with Crippen LogP contribution in [-0.2, 0) is 0 Å². The van der Waals surface area contributed by atoms with E-state index in [1.165, 1.54) is 10.9 Å². The Bertz CT molecular complexity index is 1120. The zero-order chi connectivity index (χ0) is 17.4. The summed E-state index contributed by atoms with van der Waals surface area (Å²) < 4.78 is 3.02. The van der Waals surface area contributed by atoms with Crippen LogP contribution < -0.4 is 0 Å². The van der Waals surface area contributed by atoms with Crippen molar-refractivity contribution in [3.63, 3.8) is 0 Å². The van der Waals surface area contributed by atoms with Crippen molar-refractivity contribution < 1.29 is 0 Å². The second-order valence-electron chi connectivity index (χ2n) is 5.09. The Morgan fingerprint density at radius 3 is 2.76 bits per heavy atom. The number of H-pyrrole nitrogens is 1. The number of hydrogen-bond acceptors (Lipinski definition) is 7. The van der Waals surface area contributed by atoms with Crippen molar-refractivity contribution in [1.29, 1.82) is 0 Å². The van der Waals surface area contributed by atoms with Gasteiger partial charge >= 0.3 is 0 Å². The first kappa shape index (κ1) is 14.6. The molecule has 11 heteroatoms. The summed E-state index contributed by atoms with van der Waals surface area (Å²) in [7, 11) is 0. The van der Waals surface area contributed by atoms with E-state index in [4.69, 9.17) is 6.57 Å². The Morgan fingerprint density at radius 1 is 1.20 bits per heavy atom. The van der Waals surface area contributed by atoms with Gasteiger partial charge in [-0.15, -0.1) is 10.2 Å². The van der Waals surface area contributed by atoms with E-state index in [1.807, 2.05) is 13.8 Å². The van der Waals surface area contributed by atoms with E-state index in [9.17, 15) is 0 Å². The maximum Gasteiger partial charge on any atom is 0.252 e. The van der Waals surface area contributed by atoms with E-state index in [-0.39, 0.29) is 11.5 Å². The van der Waals surface area contributed by atoms with Gasteiger partial charge in [0.1, 0.15) is 5.82 Å². The Morgan fingerprint density at radius 2 is 2.00 bits per heavy atom. The lowest BCUT2D eigenvalue weighted by Gasteiger charge is -2.00. The van der Waals surface area contributed by atoms with Gasteiger partial charge in [0.05, 0.1) is 18.5 Å². The zero-order valence-corrected chi connectivity index (χ0v) is 13.3. The van der Waals surface area contributed by atoms with Crippen molar-refractivity contribution in [2.75, 3.05) is 0 Å². The molecule has 0 aliphatic rings. The van der Waals surface area contributed by atoms with E-state index in [2.05, 4.69) is 45.4 Å². The largest absolute Gasteiger partial charge is 0.258 e. The summed E-state index contributed by atoms with van der Waals surface area (Å²) >= 11 is 0. The first-order valence-corrected chi connectivity index (χ1v) is 7.24. The minimum atomic E-state index is 0.246. The predicted molar refractivity (Wildman–Crippen MR) is 86.4 cm³/mol. The van der Waals surface area contributed by atoms with Crippen LogP contribution >= 0.6 is 0 Å². The van der Waals surface area contributed by atoms with Gasteiger partial charge in [-0.25, -0.2) is 14.8 Å². The van der Waals surface area contributed by atoms with E-state index >= 15 is 0 Å². The maximum absolute atomic E-state index is 7.29. The molecular weight excluding hydrogens is 322 g/mol. The summed E-state index contributed by atoms with van der Waals surface area (Å²) in [5, 5.41) is 23.9. The first-order valence-electron chi connectivity index (χ1n) is 7.24. The number of azo groups is 1. The molecule has 0 aliphatic heterocycles. The number of hydrogen-bond donors (Lipinski definition) is 1. The van der Waals surface area contributed by atoms with Gasteiger partial charge in [0.25, 0.3) is 11.6 Å². The Balaban J connectivity index is 1.83. The molecule has 11 nitrogen and oxygen atoms in total. The minimum Gasteiger partial charge on any atom is -0.258 e. The fraction of sp³-hybridized carbons (Fsp3) is 0.143. The molecule has 4 heterocycles. The second-order valence-corrected chi connectivity index (χ2v) is 5.09. The highest BCUT2D eigenvalue weighted by Gasteiger charge is 2.16. The third kappa shape index (κ3) is 2.32. The van der Waals surface area contributed by atoms with Crippen LogP contribution in [0.2, 0.25) is 0 Å². The summed E-state index contributed by atoms with van der Waals surface area (Å²) in [6.45, 7) is 10.9. The molecular formula is C14H11N11. The van der Waals surface area contributed by atoms with Crippen LogP contribution in [0.25, 0.3) is 16.4 Å². The molecule has 4 aromatic heterocycles. The number of aromatic amines is 1. The number of rotatable bonds is 3. The number of aryl methyl sites for hydroxylation is 2. The van der Waals surface area contributed by atoms with Crippen LogP contribution in [0, 0.1) is 20.4 Å². The summed E-state index contributed by atoms with van der Waals surface area (Å²) in [5.74, 6) is 1.26. The third-order valence-electron chi connectivity index (χ3n) is 3.49. The normalized spacial score (nSPS) is 11.4. The van der Waals surface area contributed by atoms with Crippen LogP contribution in [0.15, 0.2) is 34.9 Å². The topological polar surface area (TPSA) is 119 Å². The first-order chi connectivity index (χ1) is 12.2. The fourth-order valence-electron chi connectivity index (χ4n) is 2.30. The molecule has 0 amide bonds. The molecule has 0 unspecified atom stereocenters. The predicted octanol–water partition coefficient (Wildman–Crippen LogP) is 2.62. The second kappa shape index (κ2) is 5.60. The Labute approximate surface area is 140 Å². The van der Waals surface area contributed by atoms with Gasteiger partial charge in [0.15, 0.2) is 17.2 Å². The van der Waals surface area contributed by atoms with Crippen molar-refractivity contribution in [2.45, 2.75) is 13.8 Å². The molecule has 0 aliphatic carbocycles. The number of nitrogens with zero attached hydrogens (tertiary/aromatic N) is 10. The van der Waals surface area contributed by atoms with E-state index < -0.39 is 0 Å². The van der Waals surface area contributed by atoms with Crippen LogP contribution in [0.3, 0.4) is 0 Å². The Kier molecular flexibility index (Phi) is 3.28. The fourth-order valence-corrected chi connectivity index (χ4v) is 2.30. The molecule has 0 bridgehead atoms. The summed E-state index contributed by atoms with van der Waals surface area (Å²) in [6.07, 6.45) is 4.57. The Hall–Kier alpha value is -3.94. The number of nitrogens with one attached hydrogen (secondary N) is 1. The molecule has 0 radical (unpaired) electrons. The molecule has 122 valence electrons. The summed E-state index contributed by atoms with van der Waals surface area (Å²) in [6, 6.07) is 1.69. The highest BCUT2D eigenvalue weighted by Crippen LogP contribution is 2.32. The van der Waals surface area contributed by atoms with Gasteiger partial charge in [-0.05, 0) is 19.9 Å². The van der Waals surface area contributed by atoms with Crippen LogP contribution in [0.1, 0.15) is 11.5 Å². The molecule has 0 aromatic carbocycles. The van der Waals surface area contributed by atoms with E-state index in [1.54, 1.807) is 23.0 Å². The third-order valence-corrected chi connectivity index (χ3v) is 3.49. The minimum absolute atomic E-state index is 0.246. The average molecular weight is 333 g/mol. The molecule has 25 heavy (non-hydrogen) atoms. The van der Waals surface area contributed by atoms with Crippen LogP contribution in [-0.4, -0.2) is 39.6 Å². The molecule has 4 rings (SSSR count). The quantitative estimate of drug-likeness (QED) is 0.456. The van der Waals surface area contributed by atoms with Crippen molar-refractivity contribution in [1.82, 2.24) is 39.6 Å². The van der Waals surface area contributed by atoms with Gasteiger partial charge in [0.2, 0.25) is 0 Å². The smallest absolute Gasteiger partial charge is 0.252 e. The van der Waals surface area contributed by atoms with Crippen molar-refractivity contribution >= 4 is 22.8 Å². The summed E-state index contributed by atoms with van der Waals surface area (Å²) in [4.78, 5) is 11.7. The molecule has 0 saturated heterocycles. The lowest BCUT2D eigenvalue weighted by Crippen LogP contribution is -2.00. The summed E-state index contributed by atoms with van der Waals surface area (Å²) in [5.41, 5.74) is 2.10. The molecule has 4 aromatic rings. The highest BCUT2D eigenvalue weighted by atomic mass is 15.4. The van der Waals surface area contributed by atoms with Crippen molar-refractivity contribution in [2.24, 2.45) is 10.2 Å². The molecule has 0 fully saturated rings. The van der Waals surface area contributed by atoms with Gasteiger partial charge in [-0.3, -0.25) is 5.10 Å². The molecule has 0 saturated carbocycles. The van der Waals surface area contributed by atoms with Crippen molar-refractivity contribution in [3.8, 4) is 5.95 Å². The van der Waals surface area contributed by atoms with Crippen LogP contribution in [0.5, 0.6) is 0 Å². The monoisotopic (exact) mass is 333 g/mol. The van der Waals surface area contributed by atoms with Gasteiger partial charge in [0, 0.05) is 12.4 Å². The molecule has 0 spiro atoms. The van der Waals surface area contributed by atoms with Gasteiger partial charge in [-0.2, -0.15) is 24.5 Å². The average Bonchev–Trinajstić information content (AvgIpc) is 3.29. The van der Waals surface area contributed by atoms with E-state index in [0.29, 0.717) is 28.8 Å². The lowest BCUT2D eigenvalue weighted by molar-refractivity contribution is 0.803. The zero-order valence-electron chi connectivity index (χ0n) is 13.3. The number of fused-ring (bicyclic) bond motifs is 1.